The normalized spacial score (nSPS) is 13.3. The van der Waals surface area contributed by atoms with Crippen LogP contribution in [0.3, 0.4) is 0 Å². The zero-order valence-corrected chi connectivity index (χ0v) is 13.4. The number of amides is 1. The van der Waals surface area contributed by atoms with E-state index in [9.17, 15) is 4.79 Å². The summed E-state index contributed by atoms with van der Waals surface area (Å²) in [6, 6.07) is 0.199. The van der Waals surface area contributed by atoms with E-state index in [1.54, 1.807) is 6.20 Å². The Bertz CT molecular complexity index is 409. The van der Waals surface area contributed by atoms with E-state index in [2.05, 4.69) is 38.1 Å². The van der Waals surface area contributed by atoms with Crippen molar-refractivity contribution >= 4 is 17.7 Å². The van der Waals surface area contributed by atoms with Gasteiger partial charge in [0, 0.05) is 12.2 Å². The average molecular weight is 283 g/mol. The summed E-state index contributed by atoms with van der Waals surface area (Å²) in [7, 11) is 0. The molecule has 108 valence electrons. The fraction of sp³-hybridized carbons (Fsp3) is 0.714. The van der Waals surface area contributed by atoms with Gasteiger partial charge in [-0.2, -0.15) is 16.9 Å². The SMILES string of the molecule is CCSCC[C@@H](C)NC(=O)c1cnn(C(C)(C)C)c1. The van der Waals surface area contributed by atoms with Gasteiger partial charge in [-0.3, -0.25) is 9.48 Å². The molecule has 0 unspecified atom stereocenters. The van der Waals surface area contributed by atoms with Crippen molar-refractivity contribution in [2.75, 3.05) is 11.5 Å². The minimum atomic E-state index is -0.0953. The van der Waals surface area contributed by atoms with E-state index in [0.29, 0.717) is 5.56 Å². The fourth-order valence-corrected chi connectivity index (χ4v) is 2.40. The molecular weight excluding hydrogens is 258 g/mol. The highest BCUT2D eigenvalue weighted by molar-refractivity contribution is 7.99. The van der Waals surface area contributed by atoms with Crippen LogP contribution in [0.15, 0.2) is 12.4 Å². The number of carbonyl (C=O) groups excluding carboxylic acids is 1. The summed E-state index contributed by atoms with van der Waals surface area (Å²) < 4.78 is 1.82. The van der Waals surface area contributed by atoms with Crippen molar-refractivity contribution in [3.05, 3.63) is 18.0 Å². The second kappa shape index (κ2) is 6.98. The molecule has 1 N–H and O–H groups in total. The Hall–Kier alpha value is -0.970. The first-order chi connectivity index (χ1) is 8.84. The molecule has 1 rings (SSSR count). The van der Waals surface area contributed by atoms with E-state index in [-0.39, 0.29) is 17.5 Å². The molecule has 0 aliphatic rings. The predicted molar refractivity (Wildman–Crippen MR) is 81.8 cm³/mol. The van der Waals surface area contributed by atoms with Crippen molar-refractivity contribution in [2.45, 2.75) is 52.6 Å². The van der Waals surface area contributed by atoms with Gasteiger partial charge < -0.3 is 5.32 Å². The lowest BCUT2D eigenvalue weighted by molar-refractivity contribution is 0.0939. The molecule has 1 amide bonds. The number of hydrogen-bond acceptors (Lipinski definition) is 3. The van der Waals surface area contributed by atoms with Gasteiger partial charge in [-0.05, 0) is 45.6 Å². The van der Waals surface area contributed by atoms with E-state index < -0.39 is 0 Å². The number of nitrogens with zero attached hydrogens (tertiary/aromatic N) is 2. The zero-order valence-electron chi connectivity index (χ0n) is 12.6. The summed E-state index contributed by atoms with van der Waals surface area (Å²) in [5, 5.41) is 7.26. The Balaban J connectivity index is 2.51. The largest absolute Gasteiger partial charge is 0.349 e. The van der Waals surface area contributed by atoms with Crippen molar-refractivity contribution in [3.8, 4) is 0 Å². The molecule has 0 fully saturated rings. The predicted octanol–water partition coefficient (Wildman–Crippen LogP) is 2.90. The molecular formula is C14H25N3OS. The van der Waals surface area contributed by atoms with Crippen LogP contribution in [-0.2, 0) is 5.54 Å². The molecule has 1 aromatic rings. The minimum Gasteiger partial charge on any atom is -0.349 e. The van der Waals surface area contributed by atoms with E-state index in [1.807, 2.05) is 29.6 Å². The first kappa shape index (κ1) is 16.1. The Labute approximate surface area is 120 Å². The van der Waals surface area contributed by atoms with E-state index in [1.165, 1.54) is 0 Å². The van der Waals surface area contributed by atoms with Gasteiger partial charge in [-0.1, -0.05) is 6.92 Å². The second-order valence-corrected chi connectivity index (χ2v) is 7.10. The molecule has 1 heterocycles. The van der Waals surface area contributed by atoms with Crippen LogP contribution in [-0.4, -0.2) is 33.2 Å². The fourth-order valence-electron chi connectivity index (χ4n) is 1.59. The van der Waals surface area contributed by atoms with Crippen LogP contribution in [0.2, 0.25) is 0 Å². The quantitative estimate of drug-likeness (QED) is 0.817. The van der Waals surface area contributed by atoms with Gasteiger partial charge in [0.2, 0.25) is 0 Å². The molecule has 0 spiro atoms. The zero-order chi connectivity index (χ0) is 14.5. The highest BCUT2D eigenvalue weighted by Gasteiger charge is 2.17. The van der Waals surface area contributed by atoms with Gasteiger partial charge in [0.1, 0.15) is 0 Å². The molecule has 0 aliphatic heterocycles. The molecule has 4 nitrogen and oxygen atoms in total. The topological polar surface area (TPSA) is 46.9 Å². The number of carbonyl (C=O) groups is 1. The maximum atomic E-state index is 12.1. The highest BCUT2D eigenvalue weighted by atomic mass is 32.2. The summed E-state index contributed by atoms with van der Waals surface area (Å²) >= 11 is 1.90. The van der Waals surface area contributed by atoms with Gasteiger partial charge in [-0.25, -0.2) is 0 Å². The molecule has 0 bridgehead atoms. The first-order valence-electron chi connectivity index (χ1n) is 6.78. The minimum absolute atomic E-state index is 0.0375. The number of aromatic nitrogens is 2. The monoisotopic (exact) mass is 283 g/mol. The lowest BCUT2D eigenvalue weighted by Gasteiger charge is -2.18. The van der Waals surface area contributed by atoms with Gasteiger partial charge >= 0.3 is 0 Å². The van der Waals surface area contributed by atoms with Gasteiger partial charge in [0.25, 0.3) is 5.91 Å². The van der Waals surface area contributed by atoms with Crippen LogP contribution in [0, 0.1) is 0 Å². The third-order valence-corrected chi connectivity index (χ3v) is 3.74. The second-order valence-electron chi connectivity index (χ2n) is 5.70. The van der Waals surface area contributed by atoms with Crippen LogP contribution in [0.1, 0.15) is 51.4 Å². The maximum absolute atomic E-state index is 12.1. The molecule has 0 saturated heterocycles. The summed E-state index contributed by atoms with van der Waals surface area (Å²) in [4.78, 5) is 12.1. The van der Waals surface area contributed by atoms with Gasteiger partial charge in [0.05, 0.1) is 17.3 Å². The molecule has 0 aromatic carbocycles. The Kier molecular flexibility index (Phi) is 5.91. The molecule has 1 atom stereocenters. The van der Waals surface area contributed by atoms with Crippen LogP contribution in [0.25, 0.3) is 0 Å². The smallest absolute Gasteiger partial charge is 0.254 e. The number of rotatable bonds is 6. The maximum Gasteiger partial charge on any atom is 0.254 e. The lowest BCUT2D eigenvalue weighted by atomic mass is 10.1. The van der Waals surface area contributed by atoms with Crippen LogP contribution >= 0.6 is 11.8 Å². The lowest BCUT2D eigenvalue weighted by Crippen LogP contribution is -2.32. The third-order valence-electron chi connectivity index (χ3n) is 2.81. The highest BCUT2D eigenvalue weighted by Crippen LogP contribution is 2.13. The molecule has 5 heteroatoms. The van der Waals surface area contributed by atoms with Gasteiger partial charge in [-0.15, -0.1) is 0 Å². The summed E-state index contributed by atoms with van der Waals surface area (Å²) in [6.07, 6.45) is 4.44. The van der Waals surface area contributed by atoms with Crippen LogP contribution in [0.4, 0.5) is 0 Å². The van der Waals surface area contributed by atoms with Gasteiger partial charge in [0.15, 0.2) is 0 Å². The molecule has 0 radical (unpaired) electrons. The van der Waals surface area contributed by atoms with Crippen molar-refractivity contribution in [3.63, 3.8) is 0 Å². The van der Waals surface area contributed by atoms with Crippen molar-refractivity contribution < 1.29 is 4.79 Å². The number of thioether (sulfide) groups is 1. The van der Waals surface area contributed by atoms with Crippen molar-refractivity contribution in [1.82, 2.24) is 15.1 Å². The van der Waals surface area contributed by atoms with Crippen molar-refractivity contribution in [1.29, 1.82) is 0 Å². The molecule has 19 heavy (non-hydrogen) atoms. The van der Waals surface area contributed by atoms with E-state index in [4.69, 9.17) is 0 Å². The van der Waals surface area contributed by atoms with Crippen LogP contribution < -0.4 is 5.32 Å². The number of hydrogen-bond donors (Lipinski definition) is 1. The number of nitrogens with one attached hydrogen (secondary N) is 1. The van der Waals surface area contributed by atoms with Crippen molar-refractivity contribution in [2.24, 2.45) is 0 Å². The Morgan fingerprint density at radius 3 is 2.74 bits per heavy atom. The van der Waals surface area contributed by atoms with E-state index >= 15 is 0 Å². The molecule has 0 saturated carbocycles. The summed E-state index contributed by atoms with van der Waals surface area (Å²) in [5.41, 5.74) is 0.534. The Morgan fingerprint density at radius 1 is 1.53 bits per heavy atom. The molecule has 0 aliphatic carbocycles. The average Bonchev–Trinajstić information content (AvgIpc) is 2.78. The standard InChI is InChI=1S/C14H25N3OS/c1-6-19-8-7-11(2)16-13(18)12-9-15-17(10-12)14(3,4)5/h9-11H,6-8H2,1-5H3,(H,16,18)/t11-/m1/s1. The third kappa shape index (κ3) is 5.27. The van der Waals surface area contributed by atoms with Crippen LogP contribution in [0.5, 0.6) is 0 Å². The molecule has 1 aromatic heterocycles. The Morgan fingerprint density at radius 2 is 2.21 bits per heavy atom. The summed E-state index contributed by atoms with van der Waals surface area (Å²) in [5.74, 6) is 2.17. The summed E-state index contributed by atoms with van der Waals surface area (Å²) in [6.45, 7) is 10.4. The first-order valence-corrected chi connectivity index (χ1v) is 7.93. The van der Waals surface area contributed by atoms with E-state index in [0.717, 1.165) is 17.9 Å².